The maximum absolute atomic E-state index is 11.7. The molecule has 28 heavy (non-hydrogen) atoms. The monoisotopic (exact) mass is 424 g/mol. The van der Waals surface area contributed by atoms with Gasteiger partial charge in [0.1, 0.15) is 0 Å². The summed E-state index contributed by atoms with van der Waals surface area (Å²) in [5, 5.41) is 2.05. The highest BCUT2D eigenvalue weighted by Crippen LogP contribution is 2.36. The number of hydrogen-bond acceptors (Lipinski definition) is 7. The number of halogens is 1. The van der Waals surface area contributed by atoms with Gasteiger partial charge in [0.05, 0.1) is 24.1 Å². The van der Waals surface area contributed by atoms with Crippen LogP contribution in [0.4, 0.5) is 0 Å². The van der Waals surface area contributed by atoms with E-state index in [1.54, 1.807) is 29.6 Å². The normalized spacial score (nSPS) is 10.4. The predicted octanol–water partition coefficient (Wildman–Crippen LogP) is 2.44. The second kappa shape index (κ2) is 10.3. The highest BCUT2D eigenvalue weighted by atomic mass is 35.5. The van der Waals surface area contributed by atoms with Gasteiger partial charge in [-0.15, -0.1) is 11.3 Å². The van der Waals surface area contributed by atoms with E-state index in [-0.39, 0.29) is 0 Å². The summed E-state index contributed by atoms with van der Waals surface area (Å²) < 4.78 is 15.1. The lowest BCUT2D eigenvalue weighted by Crippen LogP contribution is -2.43. The summed E-state index contributed by atoms with van der Waals surface area (Å²) in [6, 6.07) is 6.53. The first-order chi connectivity index (χ1) is 13.4. The standard InChI is InChI=1S/C18H17ClN2O6S/c1-25-13-9-11(8-12(19)17(13)26-2)5-6-16(23)27-10-15(22)20-21-18(24)14-4-3-7-28-14/h3-9H,10H2,1-2H3,(H,20,22)(H,21,24)/b6-5+. The van der Waals surface area contributed by atoms with Gasteiger partial charge in [0.25, 0.3) is 11.8 Å². The molecule has 2 aromatic rings. The van der Waals surface area contributed by atoms with E-state index in [0.29, 0.717) is 27.0 Å². The van der Waals surface area contributed by atoms with Crippen molar-refractivity contribution in [3.05, 3.63) is 51.2 Å². The lowest BCUT2D eigenvalue weighted by Gasteiger charge is -2.10. The Morgan fingerprint density at radius 3 is 2.61 bits per heavy atom. The highest BCUT2D eigenvalue weighted by molar-refractivity contribution is 7.12. The van der Waals surface area contributed by atoms with Crippen molar-refractivity contribution in [2.24, 2.45) is 0 Å². The Hall–Kier alpha value is -3.04. The van der Waals surface area contributed by atoms with E-state index in [4.69, 9.17) is 25.8 Å². The third-order valence-electron chi connectivity index (χ3n) is 3.27. The summed E-state index contributed by atoms with van der Waals surface area (Å²) in [4.78, 5) is 35.5. The van der Waals surface area contributed by atoms with Crippen LogP contribution in [0.25, 0.3) is 6.08 Å². The van der Waals surface area contributed by atoms with Crippen LogP contribution in [0.15, 0.2) is 35.7 Å². The average molecular weight is 425 g/mol. The number of ether oxygens (including phenoxy) is 3. The van der Waals surface area contributed by atoms with Gasteiger partial charge < -0.3 is 14.2 Å². The minimum absolute atomic E-state index is 0.315. The van der Waals surface area contributed by atoms with Crippen LogP contribution < -0.4 is 20.3 Å². The molecule has 2 amide bonds. The van der Waals surface area contributed by atoms with Crippen LogP contribution in [0, 0.1) is 0 Å². The summed E-state index contributed by atoms with van der Waals surface area (Å²) in [5.74, 6) is -1.10. The first-order valence-electron chi connectivity index (χ1n) is 7.83. The molecule has 0 radical (unpaired) electrons. The van der Waals surface area contributed by atoms with Gasteiger partial charge in [-0.2, -0.15) is 0 Å². The van der Waals surface area contributed by atoms with Crippen LogP contribution in [0.1, 0.15) is 15.2 Å². The van der Waals surface area contributed by atoms with Crippen LogP contribution in [0.5, 0.6) is 11.5 Å². The molecular formula is C18H17ClN2O6S. The summed E-state index contributed by atoms with van der Waals surface area (Å²) in [5.41, 5.74) is 4.95. The molecule has 0 aliphatic heterocycles. The maximum atomic E-state index is 11.7. The molecule has 148 valence electrons. The zero-order chi connectivity index (χ0) is 20.5. The van der Waals surface area contributed by atoms with Gasteiger partial charge in [0.15, 0.2) is 18.1 Å². The maximum Gasteiger partial charge on any atom is 0.331 e. The Kier molecular flexibility index (Phi) is 7.85. The molecule has 0 unspecified atom stereocenters. The van der Waals surface area contributed by atoms with Crippen LogP contribution in [-0.2, 0) is 14.3 Å². The number of rotatable bonds is 7. The quantitative estimate of drug-likeness (QED) is 0.402. The summed E-state index contributed by atoms with van der Waals surface area (Å²) in [6.07, 6.45) is 2.59. The van der Waals surface area contributed by atoms with E-state index >= 15 is 0 Å². The van der Waals surface area contributed by atoms with Gasteiger partial charge in [0.2, 0.25) is 0 Å². The first-order valence-corrected chi connectivity index (χ1v) is 9.09. The van der Waals surface area contributed by atoms with E-state index in [2.05, 4.69) is 10.9 Å². The molecule has 0 spiro atoms. The third kappa shape index (κ3) is 6.00. The number of carbonyl (C=O) groups excluding carboxylic acids is 3. The summed E-state index contributed by atoms with van der Waals surface area (Å²) >= 11 is 7.31. The molecule has 1 heterocycles. The van der Waals surface area contributed by atoms with Crippen LogP contribution in [-0.4, -0.2) is 38.6 Å². The first kappa shape index (κ1) is 21.3. The third-order valence-corrected chi connectivity index (χ3v) is 4.42. The minimum atomic E-state index is -0.745. The van der Waals surface area contributed by atoms with E-state index in [0.717, 1.165) is 6.08 Å². The van der Waals surface area contributed by atoms with Crippen LogP contribution in [0.2, 0.25) is 5.02 Å². The Balaban J connectivity index is 1.82. The molecule has 0 atom stereocenters. The Labute approximate surface area is 170 Å². The van der Waals surface area contributed by atoms with Crippen molar-refractivity contribution in [2.75, 3.05) is 20.8 Å². The topological polar surface area (TPSA) is 103 Å². The lowest BCUT2D eigenvalue weighted by atomic mass is 10.2. The number of hydrazine groups is 1. The van der Waals surface area contributed by atoms with Crippen LogP contribution in [0.3, 0.4) is 0 Å². The van der Waals surface area contributed by atoms with Gasteiger partial charge in [0, 0.05) is 6.08 Å². The molecule has 2 rings (SSSR count). The Morgan fingerprint density at radius 1 is 1.18 bits per heavy atom. The van der Waals surface area contributed by atoms with Crippen molar-refractivity contribution in [1.29, 1.82) is 0 Å². The molecule has 0 aliphatic carbocycles. The van der Waals surface area contributed by atoms with Gasteiger partial charge in [-0.3, -0.25) is 20.4 Å². The fraction of sp³-hybridized carbons (Fsp3) is 0.167. The van der Waals surface area contributed by atoms with Crippen molar-refractivity contribution in [2.45, 2.75) is 0 Å². The molecule has 0 aliphatic rings. The summed E-state index contributed by atoms with van der Waals surface area (Å²) in [6.45, 7) is -0.555. The van der Waals surface area contributed by atoms with E-state index in [9.17, 15) is 14.4 Å². The molecular weight excluding hydrogens is 408 g/mol. The number of methoxy groups -OCH3 is 2. The molecule has 0 saturated heterocycles. The van der Waals surface area contributed by atoms with E-state index in [1.165, 1.54) is 31.6 Å². The molecule has 1 aromatic heterocycles. The van der Waals surface area contributed by atoms with Crippen molar-refractivity contribution in [3.63, 3.8) is 0 Å². The predicted molar refractivity (Wildman–Crippen MR) is 104 cm³/mol. The van der Waals surface area contributed by atoms with Gasteiger partial charge in [-0.05, 0) is 35.2 Å². The fourth-order valence-electron chi connectivity index (χ4n) is 2.02. The molecule has 8 nitrogen and oxygen atoms in total. The number of carbonyl (C=O) groups is 3. The largest absolute Gasteiger partial charge is 0.493 e. The SMILES string of the molecule is COc1cc(/C=C/C(=O)OCC(=O)NNC(=O)c2cccs2)cc(Cl)c1OC. The Morgan fingerprint density at radius 2 is 1.96 bits per heavy atom. The second-order valence-electron chi connectivity index (χ2n) is 5.16. The fourth-order valence-corrected chi connectivity index (χ4v) is 2.93. The smallest absolute Gasteiger partial charge is 0.331 e. The molecule has 0 fully saturated rings. The number of hydrogen-bond donors (Lipinski definition) is 2. The molecule has 0 bridgehead atoms. The van der Waals surface area contributed by atoms with E-state index < -0.39 is 24.4 Å². The number of benzene rings is 1. The van der Waals surface area contributed by atoms with Crippen molar-refractivity contribution < 1.29 is 28.6 Å². The van der Waals surface area contributed by atoms with Gasteiger partial charge >= 0.3 is 5.97 Å². The Bertz CT molecular complexity index is 882. The van der Waals surface area contributed by atoms with Crippen molar-refractivity contribution in [1.82, 2.24) is 10.9 Å². The number of esters is 1. The number of thiophene rings is 1. The summed E-state index contributed by atoms with van der Waals surface area (Å²) in [7, 11) is 2.93. The molecule has 10 heteroatoms. The zero-order valence-corrected chi connectivity index (χ0v) is 16.6. The second-order valence-corrected chi connectivity index (χ2v) is 6.51. The number of amides is 2. The zero-order valence-electron chi connectivity index (χ0n) is 15.0. The lowest BCUT2D eigenvalue weighted by molar-refractivity contribution is -0.144. The molecule has 2 N–H and O–H groups in total. The minimum Gasteiger partial charge on any atom is -0.493 e. The van der Waals surface area contributed by atoms with Gasteiger partial charge in [-0.1, -0.05) is 17.7 Å². The number of nitrogens with one attached hydrogen (secondary N) is 2. The average Bonchev–Trinajstić information content (AvgIpc) is 3.23. The highest BCUT2D eigenvalue weighted by Gasteiger charge is 2.11. The van der Waals surface area contributed by atoms with Crippen molar-refractivity contribution in [3.8, 4) is 11.5 Å². The molecule has 0 saturated carbocycles. The van der Waals surface area contributed by atoms with Gasteiger partial charge in [-0.25, -0.2) is 4.79 Å². The van der Waals surface area contributed by atoms with Crippen molar-refractivity contribution >= 4 is 46.8 Å². The van der Waals surface area contributed by atoms with E-state index in [1.807, 2.05) is 0 Å². The van der Waals surface area contributed by atoms with Crippen LogP contribution >= 0.6 is 22.9 Å². The molecule has 1 aromatic carbocycles.